The summed E-state index contributed by atoms with van der Waals surface area (Å²) in [6.07, 6.45) is 2.61. The number of isothiocyanates is 1. The van der Waals surface area contributed by atoms with Crippen molar-refractivity contribution in [1.82, 2.24) is 0 Å². The summed E-state index contributed by atoms with van der Waals surface area (Å²) in [7, 11) is 0. The smallest absolute Gasteiger partial charge is 0.0619 e. The van der Waals surface area contributed by atoms with E-state index in [4.69, 9.17) is 4.74 Å². The molecule has 2 unspecified atom stereocenters. The molecule has 0 N–H and O–H groups in total. The molecule has 0 aliphatic carbocycles. The maximum Gasteiger partial charge on any atom is 0.0619 e. The molecule has 3 heteroatoms. The highest BCUT2D eigenvalue weighted by Crippen LogP contribution is 2.23. The molecule has 0 aromatic heterocycles. The van der Waals surface area contributed by atoms with E-state index in [0.717, 1.165) is 26.0 Å². The van der Waals surface area contributed by atoms with Crippen LogP contribution in [0.1, 0.15) is 19.8 Å². The van der Waals surface area contributed by atoms with Crippen molar-refractivity contribution in [3.8, 4) is 0 Å². The van der Waals surface area contributed by atoms with Crippen molar-refractivity contribution in [2.75, 3.05) is 13.2 Å². The summed E-state index contributed by atoms with van der Waals surface area (Å²) in [6.45, 7) is 3.82. The molecule has 11 heavy (non-hydrogen) atoms. The third-order valence-electron chi connectivity index (χ3n) is 2.14. The van der Waals surface area contributed by atoms with Gasteiger partial charge in [0.05, 0.1) is 17.8 Å². The predicted molar refractivity (Wildman–Crippen MR) is 48.0 cm³/mol. The van der Waals surface area contributed by atoms with Gasteiger partial charge in [0.1, 0.15) is 0 Å². The lowest BCUT2D eigenvalue weighted by molar-refractivity contribution is 0.0893. The van der Waals surface area contributed by atoms with E-state index in [2.05, 4.69) is 29.3 Å². The molecule has 2 nitrogen and oxygen atoms in total. The van der Waals surface area contributed by atoms with Crippen molar-refractivity contribution in [1.29, 1.82) is 0 Å². The quantitative estimate of drug-likeness (QED) is 0.478. The van der Waals surface area contributed by atoms with Crippen LogP contribution in [0.5, 0.6) is 0 Å². The van der Waals surface area contributed by atoms with E-state index < -0.39 is 0 Å². The molecule has 0 bridgehead atoms. The largest absolute Gasteiger partial charge is 0.378 e. The van der Waals surface area contributed by atoms with Gasteiger partial charge in [-0.2, -0.15) is 0 Å². The third-order valence-corrected chi connectivity index (χ3v) is 2.27. The molecule has 1 fully saturated rings. The molecule has 1 heterocycles. The van der Waals surface area contributed by atoms with Crippen LogP contribution in [0, 0.1) is 5.92 Å². The Hall–Kier alpha value is -0.240. The average molecular weight is 171 g/mol. The first kappa shape index (κ1) is 8.85. The zero-order valence-electron chi connectivity index (χ0n) is 6.75. The Balaban J connectivity index is 2.36. The molecule has 2 atom stereocenters. The fourth-order valence-corrected chi connectivity index (χ4v) is 1.58. The fraction of sp³-hybridized carbons (Fsp3) is 0.875. The summed E-state index contributed by atoms with van der Waals surface area (Å²) in [6, 6.07) is 0. The van der Waals surface area contributed by atoms with Crippen LogP contribution in [0.15, 0.2) is 4.99 Å². The Labute approximate surface area is 72.7 Å². The van der Waals surface area contributed by atoms with Gasteiger partial charge in [0, 0.05) is 12.5 Å². The minimum absolute atomic E-state index is 0.405. The monoisotopic (exact) mass is 171 g/mol. The molecule has 1 aliphatic heterocycles. The van der Waals surface area contributed by atoms with Crippen LogP contribution in [-0.4, -0.2) is 24.4 Å². The minimum Gasteiger partial charge on any atom is -0.378 e. The molecule has 0 aromatic rings. The van der Waals surface area contributed by atoms with E-state index in [1.165, 1.54) is 0 Å². The first-order valence-electron chi connectivity index (χ1n) is 4.03. The highest BCUT2D eigenvalue weighted by molar-refractivity contribution is 7.78. The summed E-state index contributed by atoms with van der Waals surface area (Å²) in [5.74, 6) is 0.579. The molecular formula is C8H13NOS. The Kier molecular flexibility index (Phi) is 3.70. The molecule has 62 valence electrons. The van der Waals surface area contributed by atoms with Crippen molar-refractivity contribution < 1.29 is 4.74 Å². The van der Waals surface area contributed by atoms with E-state index in [0.29, 0.717) is 12.0 Å². The van der Waals surface area contributed by atoms with Gasteiger partial charge in [-0.15, -0.1) is 0 Å². The fourth-order valence-electron chi connectivity index (χ4n) is 1.51. The molecule has 0 amide bonds. The molecular weight excluding hydrogens is 158 g/mol. The molecule has 1 saturated heterocycles. The number of hydrogen-bond donors (Lipinski definition) is 0. The Morgan fingerprint density at radius 1 is 1.73 bits per heavy atom. The molecule has 1 rings (SSSR count). The first-order chi connectivity index (χ1) is 5.38. The molecule has 0 saturated carbocycles. The van der Waals surface area contributed by atoms with Crippen LogP contribution in [0.3, 0.4) is 0 Å². The number of rotatable bonds is 3. The van der Waals surface area contributed by atoms with Gasteiger partial charge in [0.25, 0.3) is 0 Å². The summed E-state index contributed by atoms with van der Waals surface area (Å²) in [5, 5.41) is 2.39. The standard InChI is InChI=1S/C8H13NOS/c1-2-8-7(3-4-10-8)5-9-6-11/h7-8H,2-5H2,1H3. The second kappa shape index (κ2) is 4.60. The van der Waals surface area contributed by atoms with Gasteiger partial charge >= 0.3 is 0 Å². The number of hydrogen-bond acceptors (Lipinski definition) is 3. The second-order valence-corrected chi connectivity index (χ2v) is 2.98. The highest BCUT2D eigenvalue weighted by Gasteiger charge is 2.25. The van der Waals surface area contributed by atoms with Gasteiger partial charge in [-0.05, 0) is 25.1 Å². The number of ether oxygens (including phenoxy) is 1. The SMILES string of the molecule is CCC1OCCC1CN=C=S. The summed E-state index contributed by atoms with van der Waals surface area (Å²) in [5.41, 5.74) is 0. The Morgan fingerprint density at radius 2 is 2.55 bits per heavy atom. The van der Waals surface area contributed by atoms with Crippen LogP contribution in [-0.2, 0) is 4.74 Å². The lowest BCUT2D eigenvalue weighted by Gasteiger charge is -2.12. The van der Waals surface area contributed by atoms with Crippen LogP contribution in [0.4, 0.5) is 0 Å². The molecule has 1 aliphatic rings. The first-order valence-corrected chi connectivity index (χ1v) is 4.44. The number of aliphatic imine (C=N–C) groups is 1. The van der Waals surface area contributed by atoms with E-state index in [1.54, 1.807) is 0 Å². The second-order valence-electron chi connectivity index (χ2n) is 2.80. The molecule has 0 spiro atoms. The van der Waals surface area contributed by atoms with Gasteiger partial charge in [0.2, 0.25) is 0 Å². The van der Waals surface area contributed by atoms with Gasteiger partial charge < -0.3 is 4.74 Å². The lowest BCUT2D eigenvalue weighted by Crippen LogP contribution is -2.17. The van der Waals surface area contributed by atoms with Crippen molar-refractivity contribution in [3.63, 3.8) is 0 Å². The van der Waals surface area contributed by atoms with Crippen molar-refractivity contribution in [2.24, 2.45) is 10.9 Å². The van der Waals surface area contributed by atoms with Gasteiger partial charge in [0.15, 0.2) is 0 Å². The zero-order valence-corrected chi connectivity index (χ0v) is 7.56. The molecule has 0 radical (unpaired) electrons. The average Bonchev–Trinajstić information content (AvgIpc) is 2.47. The maximum atomic E-state index is 5.49. The summed E-state index contributed by atoms with van der Waals surface area (Å²) in [4.78, 5) is 3.94. The maximum absolute atomic E-state index is 5.49. The third kappa shape index (κ3) is 2.37. The number of nitrogens with zero attached hydrogens (tertiary/aromatic N) is 1. The Morgan fingerprint density at radius 3 is 3.18 bits per heavy atom. The predicted octanol–water partition coefficient (Wildman–Crippen LogP) is 1.90. The lowest BCUT2D eigenvalue weighted by atomic mass is 10.0. The molecule has 0 aromatic carbocycles. The zero-order chi connectivity index (χ0) is 8.10. The van der Waals surface area contributed by atoms with Crippen molar-refractivity contribution >= 4 is 17.4 Å². The van der Waals surface area contributed by atoms with Crippen LogP contribution in [0.2, 0.25) is 0 Å². The van der Waals surface area contributed by atoms with Gasteiger partial charge in [-0.1, -0.05) is 6.92 Å². The number of thiocarbonyl (C=S) groups is 1. The summed E-state index contributed by atoms with van der Waals surface area (Å²) >= 11 is 4.50. The van der Waals surface area contributed by atoms with Gasteiger partial charge in [-0.3, -0.25) is 0 Å². The minimum atomic E-state index is 0.405. The van der Waals surface area contributed by atoms with Crippen LogP contribution >= 0.6 is 12.2 Å². The normalized spacial score (nSPS) is 29.9. The van der Waals surface area contributed by atoms with Gasteiger partial charge in [-0.25, -0.2) is 4.99 Å². The Bertz CT molecular complexity index is 165. The van der Waals surface area contributed by atoms with E-state index >= 15 is 0 Å². The van der Waals surface area contributed by atoms with E-state index in [1.807, 2.05) is 0 Å². The highest BCUT2D eigenvalue weighted by atomic mass is 32.1. The topological polar surface area (TPSA) is 21.6 Å². The van der Waals surface area contributed by atoms with E-state index in [9.17, 15) is 0 Å². The van der Waals surface area contributed by atoms with Crippen molar-refractivity contribution in [3.05, 3.63) is 0 Å². The van der Waals surface area contributed by atoms with Crippen molar-refractivity contribution in [2.45, 2.75) is 25.9 Å². The van der Waals surface area contributed by atoms with Crippen LogP contribution in [0.25, 0.3) is 0 Å². The van der Waals surface area contributed by atoms with Crippen LogP contribution < -0.4 is 0 Å². The summed E-state index contributed by atoms with van der Waals surface area (Å²) < 4.78 is 5.49. The van der Waals surface area contributed by atoms with E-state index in [-0.39, 0.29) is 0 Å².